The minimum atomic E-state index is -0.628. The van der Waals surface area contributed by atoms with Gasteiger partial charge in [-0.3, -0.25) is 9.59 Å². The number of likely N-dealkylation sites (tertiary alicyclic amines) is 1. The van der Waals surface area contributed by atoms with Gasteiger partial charge in [0.15, 0.2) is 6.61 Å². The molecule has 0 unspecified atom stereocenters. The van der Waals surface area contributed by atoms with Gasteiger partial charge in [0.1, 0.15) is 0 Å². The van der Waals surface area contributed by atoms with Gasteiger partial charge in [-0.15, -0.1) is 0 Å². The Balaban J connectivity index is 1.61. The van der Waals surface area contributed by atoms with Gasteiger partial charge in [0, 0.05) is 12.1 Å². The summed E-state index contributed by atoms with van der Waals surface area (Å²) in [5.74, 6) is -1.04. The first-order valence-electron chi connectivity index (χ1n) is 10.4. The number of carbonyl (C=O) groups excluding carboxylic acids is 3. The van der Waals surface area contributed by atoms with Crippen molar-refractivity contribution in [1.29, 1.82) is 0 Å². The predicted molar refractivity (Wildman–Crippen MR) is 115 cm³/mol. The number of amides is 2. The Kier molecular flexibility index (Phi) is 7.22. The van der Waals surface area contributed by atoms with Crippen molar-refractivity contribution in [3.8, 4) is 0 Å². The van der Waals surface area contributed by atoms with Crippen molar-refractivity contribution in [2.45, 2.75) is 51.6 Å². The van der Waals surface area contributed by atoms with Crippen LogP contribution in [0.15, 0.2) is 54.6 Å². The second-order valence-corrected chi connectivity index (χ2v) is 7.76. The minimum absolute atomic E-state index is 0.143. The highest BCUT2D eigenvalue weighted by Gasteiger charge is 2.29. The summed E-state index contributed by atoms with van der Waals surface area (Å²) >= 11 is 0. The van der Waals surface area contributed by atoms with Crippen molar-refractivity contribution in [3.05, 3.63) is 65.7 Å². The lowest BCUT2D eigenvalue weighted by atomic mass is 9.97. The monoisotopic (exact) mass is 408 g/mol. The molecule has 2 amide bonds. The molecule has 1 N–H and O–H groups in total. The van der Waals surface area contributed by atoms with Crippen molar-refractivity contribution in [1.82, 2.24) is 4.90 Å². The number of carbonyl (C=O) groups is 3. The third kappa shape index (κ3) is 5.47. The third-order valence-corrected chi connectivity index (χ3v) is 5.44. The van der Waals surface area contributed by atoms with Crippen LogP contribution in [0.3, 0.4) is 0 Å². The molecule has 2 atom stereocenters. The number of esters is 1. The van der Waals surface area contributed by atoms with Gasteiger partial charge in [0.2, 0.25) is 5.91 Å². The average molecular weight is 408 g/mol. The summed E-state index contributed by atoms with van der Waals surface area (Å²) in [7, 11) is 0. The fraction of sp³-hybridized carbons (Fsp3) is 0.375. The smallest absolute Gasteiger partial charge is 0.340 e. The number of benzene rings is 2. The zero-order valence-corrected chi connectivity index (χ0v) is 17.5. The second-order valence-electron chi connectivity index (χ2n) is 7.76. The zero-order chi connectivity index (χ0) is 21.5. The average Bonchev–Trinajstić information content (AvgIpc) is 2.73. The van der Waals surface area contributed by atoms with E-state index < -0.39 is 5.97 Å². The molecule has 1 fully saturated rings. The molecular weight excluding hydrogens is 380 g/mol. The highest BCUT2D eigenvalue weighted by Crippen LogP contribution is 2.23. The summed E-state index contributed by atoms with van der Waals surface area (Å²) in [4.78, 5) is 39.4. The third-order valence-electron chi connectivity index (χ3n) is 5.44. The Morgan fingerprint density at radius 3 is 2.30 bits per heavy atom. The van der Waals surface area contributed by atoms with E-state index in [1.807, 2.05) is 49.1 Å². The number of anilines is 1. The summed E-state index contributed by atoms with van der Waals surface area (Å²) in [6, 6.07) is 16.3. The summed E-state index contributed by atoms with van der Waals surface area (Å²) < 4.78 is 5.30. The Morgan fingerprint density at radius 1 is 0.967 bits per heavy atom. The number of ether oxygens (including phenoxy) is 1. The number of nitrogens with one attached hydrogen (secondary N) is 1. The largest absolute Gasteiger partial charge is 0.452 e. The van der Waals surface area contributed by atoms with E-state index in [0.717, 1.165) is 24.8 Å². The molecule has 1 saturated heterocycles. The minimum Gasteiger partial charge on any atom is -0.452 e. The molecule has 1 heterocycles. The topological polar surface area (TPSA) is 75.7 Å². The lowest BCUT2D eigenvalue weighted by molar-refractivity contribution is -0.140. The number of nitrogens with zero attached hydrogens (tertiary/aromatic N) is 1. The predicted octanol–water partition coefficient (Wildman–Crippen LogP) is 3.81. The summed E-state index contributed by atoms with van der Waals surface area (Å²) in [5, 5.41) is 2.77. The first kappa shape index (κ1) is 21.6. The van der Waals surface area contributed by atoms with E-state index in [0.29, 0.717) is 5.69 Å². The van der Waals surface area contributed by atoms with Gasteiger partial charge >= 0.3 is 5.97 Å². The molecule has 0 saturated carbocycles. The Labute approximate surface area is 177 Å². The first-order valence-corrected chi connectivity index (χ1v) is 10.4. The SMILES string of the molecule is C[C@@H]1CCC[C@H](C)N1C(=O)COC(=O)c1ccccc1NC(=O)Cc1ccccc1. The second kappa shape index (κ2) is 10.1. The molecule has 1 aliphatic rings. The van der Waals surface area contributed by atoms with Crippen LogP contribution in [0.25, 0.3) is 0 Å². The van der Waals surface area contributed by atoms with Gasteiger partial charge in [-0.05, 0) is 50.8 Å². The molecule has 0 aliphatic carbocycles. The Hall–Kier alpha value is -3.15. The standard InChI is InChI=1S/C24H28N2O4/c1-17-9-8-10-18(2)26(17)23(28)16-30-24(29)20-13-6-7-14-21(20)25-22(27)15-19-11-4-3-5-12-19/h3-7,11-14,17-18H,8-10,15-16H2,1-2H3,(H,25,27)/t17-,18+. The van der Waals surface area contributed by atoms with E-state index in [4.69, 9.17) is 4.74 Å². The molecule has 0 spiro atoms. The zero-order valence-electron chi connectivity index (χ0n) is 17.5. The maximum absolute atomic E-state index is 12.6. The van der Waals surface area contributed by atoms with Gasteiger partial charge in [-0.1, -0.05) is 42.5 Å². The van der Waals surface area contributed by atoms with Crippen LogP contribution in [-0.2, 0) is 20.7 Å². The molecule has 3 rings (SSSR count). The normalized spacial score (nSPS) is 18.5. The molecule has 158 valence electrons. The molecule has 0 aromatic heterocycles. The summed E-state index contributed by atoms with van der Waals surface area (Å²) in [6.45, 7) is 3.74. The van der Waals surface area contributed by atoms with Crippen LogP contribution in [0.5, 0.6) is 0 Å². The van der Waals surface area contributed by atoms with Gasteiger partial charge in [0.25, 0.3) is 5.91 Å². The lowest BCUT2D eigenvalue weighted by Crippen LogP contribution is -2.49. The maximum Gasteiger partial charge on any atom is 0.340 e. The van der Waals surface area contributed by atoms with Crippen LogP contribution in [-0.4, -0.2) is 41.4 Å². The van der Waals surface area contributed by atoms with Crippen molar-refractivity contribution >= 4 is 23.5 Å². The number of piperidine rings is 1. The molecule has 30 heavy (non-hydrogen) atoms. The maximum atomic E-state index is 12.6. The molecular formula is C24H28N2O4. The molecule has 6 nitrogen and oxygen atoms in total. The van der Waals surface area contributed by atoms with Crippen LogP contribution >= 0.6 is 0 Å². The van der Waals surface area contributed by atoms with Crippen LogP contribution in [0, 0.1) is 0 Å². The van der Waals surface area contributed by atoms with E-state index in [-0.39, 0.29) is 42.5 Å². The lowest BCUT2D eigenvalue weighted by Gasteiger charge is -2.38. The van der Waals surface area contributed by atoms with Gasteiger partial charge in [-0.2, -0.15) is 0 Å². The molecule has 0 radical (unpaired) electrons. The molecule has 2 aromatic rings. The molecule has 0 bridgehead atoms. The highest BCUT2D eigenvalue weighted by molar-refractivity contribution is 6.02. The van der Waals surface area contributed by atoms with Crippen LogP contribution < -0.4 is 5.32 Å². The van der Waals surface area contributed by atoms with Gasteiger partial charge in [-0.25, -0.2) is 4.79 Å². The Morgan fingerprint density at radius 2 is 1.60 bits per heavy atom. The molecule has 6 heteroatoms. The van der Waals surface area contributed by atoms with Crippen LogP contribution in [0.1, 0.15) is 49.0 Å². The summed E-state index contributed by atoms with van der Waals surface area (Å²) in [5.41, 5.74) is 1.48. The quantitative estimate of drug-likeness (QED) is 0.738. The number of hydrogen-bond donors (Lipinski definition) is 1. The van der Waals surface area contributed by atoms with E-state index in [9.17, 15) is 14.4 Å². The Bertz CT molecular complexity index is 887. The number of hydrogen-bond acceptors (Lipinski definition) is 4. The fourth-order valence-electron chi connectivity index (χ4n) is 3.94. The molecule has 2 aromatic carbocycles. The van der Waals surface area contributed by atoms with Crippen molar-refractivity contribution in [2.75, 3.05) is 11.9 Å². The van der Waals surface area contributed by atoms with Crippen LogP contribution in [0.4, 0.5) is 5.69 Å². The van der Waals surface area contributed by atoms with Gasteiger partial charge < -0.3 is 15.0 Å². The van der Waals surface area contributed by atoms with Crippen LogP contribution in [0.2, 0.25) is 0 Å². The highest BCUT2D eigenvalue weighted by atomic mass is 16.5. The van der Waals surface area contributed by atoms with E-state index in [2.05, 4.69) is 5.32 Å². The fourth-order valence-corrected chi connectivity index (χ4v) is 3.94. The van der Waals surface area contributed by atoms with E-state index in [1.165, 1.54) is 0 Å². The molecule has 1 aliphatic heterocycles. The van der Waals surface area contributed by atoms with Crippen molar-refractivity contribution < 1.29 is 19.1 Å². The van der Waals surface area contributed by atoms with Gasteiger partial charge in [0.05, 0.1) is 17.7 Å². The summed E-state index contributed by atoms with van der Waals surface area (Å²) in [6.07, 6.45) is 3.22. The van der Waals surface area contributed by atoms with Crippen molar-refractivity contribution in [3.63, 3.8) is 0 Å². The number of para-hydroxylation sites is 1. The van der Waals surface area contributed by atoms with Crippen molar-refractivity contribution in [2.24, 2.45) is 0 Å². The number of rotatable bonds is 6. The van der Waals surface area contributed by atoms with E-state index in [1.54, 1.807) is 24.3 Å². The first-order chi connectivity index (χ1) is 14.5. The van der Waals surface area contributed by atoms with E-state index >= 15 is 0 Å².